The van der Waals surface area contributed by atoms with Crippen molar-refractivity contribution in [3.05, 3.63) is 47.6 Å². The van der Waals surface area contributed by atoms with Crippen molar-refractivity contribution in [1.82, 2.24) is 9.96 Å². The number of nitrogens with zero attached hydrogens (tertiary/aromatic N) is 2. The third-order valence-electron chi connectivity index (χ3n) is 16.5. The van der Waals surface area contributed by atoms with Gasteiger partial charge < -0.3 is 48.4 Å². The lowest BCUT2D eigenvalue weighted by Gasteiger charge is -2.42. The first-order valence-corrected chi connectivity index (χ1v) is 28.2. The Bertz CT molecular complexity index is 2310. The summed E-state index contributed by atoms with van der Waals surface area (Å²) in [6.07, 6.45) is 8.35. The zero-order chi connectivity index (χ0) is 58.3. The van der Waals surface area contributed by atoms with Gasteiger partial charge in [0.1, 0.15) is 36.2 Å². The molecule has 0 unspecified atom stereocenters. The molecule has 4 aliphatic heterocycles. The number of esters is 2. The zero-order valence-corrected chi connectivity index (χ0v) is 47.9. The van der Waals surface area contributed by atoms with Crippen LogP contribution in [0, 0.1) is 35.5 Å². The van der Waals surface area contributed by atoms with Crippen molar-refractivity contribution in [2.45, 2.75) is 206 Å². The lowest BCUT2D eigenvalue weighted by atomic mass is 9.78. The number of methoxy groups -OCH3 is 3. The average molecular weight is 1110 g/mol. The lowest BCUT2D eigenvalue weighted by molar-refractivity contribution is -0.265. The maximum absolute atomic E-state index is 14.6. The van der Waals surface area contributed by atoms with Crippen molar-refractivity contribution < 1.29 is 86.6 Å². The number of carbonyl (C=O) groups excluding carboxylic acids is 9. The first-order valence-electron chi connectivity index (χ1n) is 28.2. The standard InChI is InChI=1S/C59H86N2O18/c1-34-16-12-11-13-17-35(2)46(73-8)32-42-21-19-40(7)59(72,78-42)56(69)57(70)60-27-15-14-18-43(60)58(71)77-47(33-44(62)36(3)29-39(6)54(68)55(75-10)53(67)38(5)28-34)37(4)30-41-20-22-45(48(31-41)74-9)76-51(65)25-26-52(66)79-61-49(63)23-24-50(61)64/h11-13,16-17,29,34,36-38,40-43,45-48,54-55,68,72H,14-15,18-28,30-33H2,1-10H3/b13-11+,16-12+,35-17+,39-29+/t34-,36-,37-,38-,40-,41+,42+,43+,45-,46+,47+,48-,54-,55+,59-/m1/s1. The number of fused-ring (bicyclic) bond motifs is 3. The number of amides is 3. The molecule has 0 aromatic carbocycles. The minimum absolute atomic E-state index is 0.0205. The molecule has 15 atom stereocenters. The summed E-state index contributed by atoms with van der Waals surface area (Å²) in [6, 6.07) is -1.23. The molecule has 0 aromatic rings. The summed E-state index contributed by atoms with van der Waals surface area (Å²) in [5.74, 6) is -11.8. The number of piperidine rings is 1. The fourth-order valence-corrected chi connectivity index (χ4v) is 11.5. The number of carbonyl (C=O) groups is 9. The highest BCUT2D eigenvalue weighted by Gasteiger charge is 2.53. The van der Waals surface area contributed by atoms with E-state index in [-0.39, 0.29) is 68.5 Å². The number of Topliss-reactive ketones (excluding diaryl/α,β-unsaturated/α-hetero) is 3. The van der Waals surface area contributed by atoms with Crippen LogP contribution < -0.4 is 0 Å². The van der Waals surface area contributed by atoms with Crippen molar-refractivity contribution in [3.8, 4) is 0 Å². The van der Waals surface area contributed by atoms with Gasteiger partial charge in [0.15, 0.2) is 5.78 Å². The van der Waals surface area contributed by atoms with Crippen molar-refractivity contribution in [2.24, 2.45) is 35.5 Å². The average Bonchev–Trinajstić information content (AvgIpc) is 3.74. The Morgan fingerprint density at radius 3 is 2.16 bits per heavy atom. The van der Waals surface area contributed by atoms with E-state index in [1.165, 1.54) is 14.2 Å². The molecule has 3 saturated heterocycles. The quantitative estimate of drug-likeness (QED) is 0.102. The van der Waals surface area contributed by atoms with Crippen LogP contribution in [0.1, 0.15) is 151 Å². The fraction of sp³-hybridized carbons (Fsp3) is 0.712. The first kappa shape index (κ1) is 64.6. The van der Waals surface area contributed by atoms with Crippen molar-refractivity contribution in [2.75, 3.05) is 27.9 Å². The second kappa shape index (κ2) is 30.0. The van der Waals surface area contributed by atoms with E-state index >= 15 is 0 Å². The van der Waals surface area contributed by atoms with Gasteiger partial charge in [0.05, 0.1) is 31.2 Å². The van der Waals surface area contributed by atoms with E-state index < -0.39 is 126 Å². The Labute approximate surface area is 464 Å². The van der Waals surface area contributed by atoms with E-state index in [4.69, 9.17) is 33.3 Å². The number of hydrogen-bond acceptors (Lipinski definition) is 18. The van der Waals surface area contributed by atoms with Gasteiger partial charge in [0.2, 0.25) is 5.79 Å². The molecular formula is C59H86N2O18. The number of aliphatic hydroxyl groups excluding tert-OH is 1. The molecule has 5 rings (SSSR count). The van der Waals surface area contributed by atoms with Gasteiger partial charge >= 0.3 is 17.9 Å². The lowest BCUT2D eigenvalue weighted by Crippen LogP contribution is -2.61. The van der Waals surface area contributed by atoms with E-state index in [2.05, 4.69) is 0 Å². The zero-order valence-electron chi connectivity index (χ0n) is 47.9. The molecule has 1 saturated carbocycles. The number of cyclic esters (lactones) is 1. The molecular weight excluding hydrogens is 1020 g/mol. The molecule has 1 aliphatic carbocycles. The SMILES string of the molecule is CO[C@H]1C[C@@H]2CC[C@@H](C)[C@@](O)(O2)C(=O)C(=O)N2CCCC[C@H]2C(=O)O[C@H]([C@H](C)C[C@@H]2CC[C@@H](OC(=O)CCC(=O)ON3C(=O)CCC3=O)[C@H](OC)C2)CC(=O)[C@H](C)/C=C(\C)[C@@H](O)[C@@H](OC)C(=O)[C@H](C)C[C@H](C)/C=C/C=C/C=C/1C. The highest BCUT2D eigenvalue weighted by atomic mass is 16.7. The molecule has 4 fully saturated rings. The van der Waals surface area contributed by atoms with E-state index in [1.54, 1.807) is 40.9 Å². The van der Waals surface area contributed by atoms with Crippen LogP contribution in [0.2, 0.25) is 0 Å². The van der Waals surface area contributed by atoms with Crippen molar-refractivity contribution in [3.63, 3.8) is 0 Å². The molecule has 0 aromatic heterocycles. The van der Waals surface area contributed by atoms with Crippen LogP contribution >= 0.6 is 0 Å². The summed E-state index contributed by atoms with van der Waals surface area (Å²) in [6.45, 7) is 12.4. The topological polar surface area (TPSA) is 265 Å². The van der Waals surface area contributed by atoms with Gasteiger partial charge in [-0.2, -0.15) is 0 Å². The van der Waals surface area contributed by atoms with Crippen LogP contribution in [0.4, 0.5) is 0 Å². The molecule has 3 amide bonds. The summed E-state index contributed by atoms with van der Waals surface area (Å²) in [7, 11) is 4.39. The second-order valence-corrected chi connectivity index (χ2v) is 22.6. The molecule has 20 nitrogen and oxygen atoms in total. The predicted molar refractivity (Wildman–Crippen MR) is 285 cm³/mol. The summed E-state index contributed by atoms with van der Waals surface area (Å²) < 4.78 is 35.4. The Kier molecular flexibility index (Phi) is 24.5. The van der Waals surface area contributed by atoms with Gasteiger partial charge in [0.25, 0.3) is 23.5 Å². The highest BCUT2D eigenvalue weighted by Crippen LogP contribution is 2.38. The smallest absolute Gasteiger partial charge is 0.333 e. The Morgan fingerprint density at radius 1 is 0.797 bits per heavy atom. The predicted octanol–water partition coefficient (Wildman–Crippen LogP) is 6.12. The molecule has 4 heterocycles. The van der Waals surface area contributed by atoms with Crippen LogP contribution in [0.3, 0.4) is 0 Å². The van der Waals surface area contributed by atoms with E-state index in [0.29, 0.717) is 68.4 Å². The van der Waals surface area contributed by atoms with Crippen molar-refractivity contribution in [1.29, 1.82) is 0 Å². The van der Waals surface area contributed by atoms with Crippen LogP contribution in [-0.2, 0) is 76.4 Å². The Hall–Kier alpha value is -5.25. The molecule has 0 radical (unpaired) electrons. The van der Waals surface area contributed by atoms with Crippen LogP contribution in [0.15, 0.2) is 47.6 Å². The van der Waals surface area contributed by atoms with E-state index in [0.717, 1.165) is 10.5 Å². The largest absolute Gasteiger partial charge is 0.460 e. The number of imide groups is 1. The van der Waals surface area contributed by atoms with E-state index in [9.17, 15) is 53.4 Å². The summed E-state index contributed by atoms with van der Waals surface area (Å²) in [5, 5.41) is 24.0. The van der Waals surface area contributed by atoms with Gasteiger partial charge in [0, 0.05) is 71.3 Å². The minimum atomic E-state index is -2.49. The normalized spacial score (nSPS) is 36.3. The van der Waals surface area contributed by atoms with Crippen molar-refractivity contribution >= 4 is 53.0 Å². The number of ether oxygens (including phenoxy) is 6. The fourth-order valence-electron chi connectivity index (χ4n) is 11.5. The number of hydrogen-bond donors (Lipinski definition) is 2. The molecule has 2 N–H and O–H groups in total. The minimum Gasteiger partial charge on any atom is -0.460 e. The third kappa shape index (κ3) is 17.4. The third-order valence-corrected chi connectivity index (χ3v) is 16.5. The molecule has 440 valence electrons. The van der Waals surface area contributed by atoms with Crippen LogP contribution in [-0.4, -0.2) is 156 Å². The van der Waals surface area contributed by atoms with Gasteiger partial charge in [-0.1, -0.05) is 71.1 Å². The molecule has 5 aliphatic rings. The van der Waals surface area contributed by atoms with Gasteiger partial charge in [-0.15, -0.1) is 5.06 Å². The van der Waals surface area contributed by atoms with E-state index in [1.807, 2.05) is 51.2 Å². The molecule has 20 heteroatoms. The number of aliphatic hydroxyl groups is 2. The second-order valence-electron chi connectivity index (χ2n) is 22.6. The van der Waals surface area contributed by atoms with Gasteiger partial charge in [-0.25, -0.2) is 9.59 Å². The summed E-state index contributed by atoms with van der Waals surface area (Å²) in [5.41, 5.74) is 1.18. The monoisotopic (exact) mass is 1110 g/mol. The Morgan fingerprint density at radius 2 is 1.49 bits per heavy atom. The number of hydroxylamine groups is 2. The van der Waals surface area contributed by atoms with Crippen LogP contribution in [0.5, 0.6) is 0 Å². The van der Waals surface area contributed by atoms with Crippen LogP contribution in [0.25, 0.3) is 0 Å². The Balaban J connectivity index is 1.39. The molecule has 0 spiro atoms. The molecule has 2 bridgehead atoms. The molecule has 79 heavy (non-hydrogen) atoms. The number of allylic oxidation sites excluding steroid dienone is 6. The summed E-state index contributed by atoms with van der Waals surface area (Å²) in [4.78, 5) is 126. The van der Waals surface area contributed by atoms with Gasteiger partial charge in [-0.05, 0) is 107 Å². The maximum atomic E-state index is 14.6. The number of ketones is 3. The highest BCUT2D eigenvalue weighted by molar-refractivity contribution is 6.39. The maximum Gasteiger partial charge on any atom is 0.333 e. The first-order chi connectivity index (χ1) is 37.4. The number of rotatable bonds is 11. The summed E-state index contributed by atoms with van der Waals surface area (Å²) >= 11 is 0. The van der Waals surface area contributed by atoms with Gasteiger partial charge in [-0.3, -0.25) is 33.6 Å².